The first kappa shape index (κ1) is 13.3. The Balaban J connectivity index is 2.31. The van der Waals surface area contributed by atoms with E-state index in [9.17, 15) is 8.78 Å². The Morgan fingerprint density at radius 2 is 2.22 bits per heavy atom. The van der Waals surface area contributed by atoms with Crippen LogP contribution in [0.1, 0.15) is 24.5 Å². The van der Waals surface area contributed by atoms with Crippen molar-refractivity contribution < 1.29 is 13.5 Å². The molecule has 0 bridgehead atoms. The van der Waals surface area contributed by atoms with Crippen molar-refractivity contribution in [1.29, 1.82) is 0 Å². The third kappa shape index (κ3) is 2.34. The number of rotatable bonds is 4. The van der Waals surface area contributed by atoms with Crippen LogP contribution in [0.15, 0.2) is 18.2 Å². The van der Waals surface area contributed by atoms with E-state index in [0.29, 0.717) is 31.7 Å². The Morgan fingerprint density at radius 3 is 2.78 bits per heavy atom. The molecule has 1 aromatic rings. The number of halogens is 2. The molecule has 0 amide bonds. The molecule has 1 saturated heterocycles. The number of hydrogen-bond donors (Lipinski definition) is 1. The van der Waals surface area contributed by atoms with Crippen molar-refractivity contribution in [3.05, 3.63) is 29.3 Å². The van der Waals surface area contributed by atoms with Crippen molar-refractivity contribution in [1.82, 2.24) is 5.32 Å². The van der Waals surface area contributed by atoms with Crippen LogP contribution in [0.3, 0.4) is 0 Å². The highest BCUT2D eigenvalue weighted by Gasteiger charge is 2.42. The molecule has 0 radical (unpaired) electrons. The first-order chi connectivity index (χ1) is 8.59. The van der Waals surface area contributed by atoms with Crippen LogP contribution in [0.4, 0.5) is 8.78 Å². The van der Waals surface area contributed by atoms with Gasteiger partial charge in [0.1, 0.15) is 5.75 Å². The molecule has 1 aliphatic rings. The van der Waals surface area contributed by atoms with Crippen LogP contribution < -0.4 is 10.1 Å². The summed E-state index contributed by atoms with van der Waals surface area (Å²) in [5.74, 6) is -2.68. The zero-order chi connectivity index (χ0) is 13.2. The largest absolute Gasteiger partial charge is 0.496 e. The van der Waals surface area contributed by atoms with E-state index in [-0.39, 0.29) is 5.56 Å². The maximum atomic E-state index is 14.3. The van der Waals surface area contributed by atoms with Crippen LogP contribution in [-0.2, 0) is 12.3 Å². The van der Waals surface area contributed by atoms with Gasteiger partial charge < -0.3 is 10.1 Å². The predicted molar refractivity (Wildman–Crippen MR) is 67.2 cm³/mol. The second-order valence-electron chi connectivity index (χ2n) is 4.69. The maximum Gasteiger partial charge on any atom is 0.277 e. The summed E-state index contributed by atoms with van der Waals surface area (Å²) in [5, 5.41) is 2.99. The monoisotopic (exact) mass is 255 g/mol. The molecule has 1 N–H and O–H groups in total. The van der Waals surface area contributed by atoms with E-state index in [2.05, 4.69) is 5.32 Å². The third-order valence-corrected chi connectivity index (χ3v) is 3.62. The SMILES string of the molecule is CCc1cc(C(F)(F)C2CCNC2)ccc1OC. The maximum absolute atomic E-state index is 14.3. The van der Waals surface area contributed by atoms with Gasteiger partial charge in [0.25, 0.3) is 5.92 Å². The number of nitrogens with one attached hydrogen (secondary N) is 1. The molecule has 0 aromatic heterocycles. The summed E-state index contributed by atoms with van der Waals surface area (Å²) in [4.78, 5) is 0. The molecule has 0 aliphatic carbocycles. The summed E-state index contributed by atoms with van der Waals surface area (Å²) < 4.78 is 33.8. The van der Waals surface area contributed by atoms with Gasteiger partial charge in [-0.3, -0.25) is 0 Å². The van der Waals surface area contributed by atoms with E-state index in [0.717, 1.165) is 5.56 Å². The Bertz CT molecular complexity index is 414. The van der Waals surface area contributed by atoms with E-state index in [4.69, 9.17) is 4.74 Å². The summed E-state index contributed by atoms with van der Waals surface area (Å²) >= 11 is 0. The molecule has 1 fully saturated rings. The molecular formula is C14H19F2NO. The van der Waals surface area contributed by atoms with Crippen molar-refractivity contribution in [2.45, 2.75) is 25.7 Å². The van der Waals surface area contributed by atoms with Crippen molar-refractivity contribution in [3.8, 4) is 5.75 Å². The summed E-state index contributed by atoms with van der Waals surface area (Å²) in [5.41, 5.74) is 0.939. The predicted octanol–water partition coefficient (Wildman–Crippen LogP) is 2.96. The van der Waals surface area contributed by atoms with Gasteiger partial charge >= 0.3 is 0 Å². The van der Waals surface area contributed by atoms with Crippen molar-refractivity contribution in [3.63, 3.8) is 0 Å². The minimum absolute atomic E-state index is 0.105. The van der Waals surface area contributed by atoms with Gasteiger partial charge in [-0.15, -0.1) is 0 Å². The zero-order valence-corrected chi connectivity index (χ0v) is 10.8. The number of benzene rings is 1. The molecule has 4 heteroatoms. The second kappa shape index (κ2) is 5.22. The van der Waals surface area contributed by atoms with Crippen LogP contribution >= 0.6 is 0 Å². The molecule has 0 spiro atoms. The van der Waals surface area contributed by atoms with Crippen LogP contribution in [-0.4, -0.2) is 20.2 Å². The highest BCUT2D eigenvalue weighted by atomic mass is 19.3. The lowest BCUT2D eigenvalue weighted by Gasteiger charge is -2.24. The summed E-state index contributed by atoms with van der Waals surface area (Å²) in [7, 11) is 1.56. The molecule has 100 valence electrons. The van der Waals surface area contributed by atoms with Gasteiger partial charge in [0.15, 0.2) is 0 Å². The van der Waals surface area contributed by atoms with Crippen LogP contribution in [0.2, 0.25) is 0 Å². The molecule has 2 rings (SSSR count). The van der Waals surface area contributed by atoms with Crippen molar-refractivity contribution in [2.75, 3.05) is 20.2 Å². The molecule has 18 heavy (non-hydrogen) atoms. The van der Waals surface area contributed by atoms with Gasteiger partial charge in [-0.2, -0.15) is 0 Å². The summed E-state index contributed by atoms with van der Waals surface area (Å²) in [6.07, 6.45) is 1.22. The van der Waals surface area contributed by atoms with Crippen LogP contribution in [0.5, 0.6) is 5.75 Å². The lowest BCUT2D eigenvalue weighted by atomic mass is 9.92. The van der Waals surface area contributed by atoms with E-state index in [1.807, 2.05) is 6.92 Å². The minimum Gasteiger partial charge on any atom is -0.496 e. The molecular weight excluding hydrogens is 236 g/mol. The van der Waals surface area contributed by atoms with Gasteiger partial charge in [0.2, 0.25) is 0 Å². The topological polar surface area (TPSA) is 21.3 Å². The number of ether oxygens (including phenoxy) is 1. The molecule has 1 heterocycles. The fourth-order valence-corrected chi connectivity index (χ4v) is 2.46. The quantitative estimate of drug-likeness (QED) is 0.893. The first-order valence-electron chi connectivity index (χ1n) is 6.35. The van der Waals surface area contributed by atoms with Gasteiger partial charge in [0, 0.05) is 18.0 Å². The number of methoxy groups -OCH3 is 1. The molecule has 1 atom stereocenters. The lowest BCUT2D eigenvalue weighted by Crippen LogP contribution is -2.27. The van der Waals surface area contributed by atoms with Gasteiger partial charge in [-0.25, -0.2) is 8.78 Å². The Hall–Kier alpha value is -1.16. The fraction of sp³-hybridized carbons (Fsp3) is 0.571. The zero-order valence-electron chi connectivity index (χ0n) is 10.8. The normalized spacial score (nSPS) is 20.1. The van der Waals surface area contributed by atoms with E-state index in [1.54, 1.807) is 19.2 Å². The minimum atomic E-state index is -2.76. The Morgan fingerprint density at radius 1 is 1.44 bits per heavy atom. The third-order valence-electron chi connectivity index (χ3n) is 3.62. The van der Waals surface area contributed by atoms with Crippen LogP contribution in [0.25, 0.3) is 0 Å². The van der Waals surface area contributed by atoms with Gasteiger partial charge in [0.05, 0.1) is 7.11 Å². The molecule has 1 aliphatic heterocycles. The highest BCUT2D eigenvalue weighted by molar-refractivity contribution is 5.39. The summed E-state index contributed by atoms with van der Waals surface area (Å²) in [6, 6.07) is 4.71. The fourth-order valence-electron chi connectivity index (χ4n) is 2.46. The first-order valence-corrected chi connectivity index (χ1v) is 6.35. The van der Waals surface area contributed by atoms with Gasteiger partial charge in [-0.05, 0) is 43.1 Å². The Labute approximate surface area is 106 Å². The molecule has 2 nitrogen and oxygen atoms in total. The van der Waals surface area contributed by atoms with Crippen LogP contribution in [0, 0.1) is 5.92 Å². The smallest absolute Gasteiger partial charge is 0.277 e. The number of alkyl halides is 2. The van der Waals surface area contributed by atoms with E-state index < -0.39 is 11.8 Å². The Kier molecular flexibility index (Phi) is 3.85. The second-order valence-corrected chi connectivity index (χ2v) is 4.69. The highest BCUT2D eigenvalue weighted by Crippen LogP contribution is 2.40. The van der Waals surface area contributed by atoms with E-state index in [1.165, 1.54) is 6.07 Å². The summed E-state index contributed by atoms with van der Waals surface area (Å²) in [6.45, 7) is 3.01. The van der Waals surface area contributed by atoms with Gasteiger partial charge in [-0.1, -0.05) is 6.92 Å². The number of hydrogen-bond acceptors (Lipinski definition) is 2. The standard InChI is InChI=1S/C14H19F2NO/c1-3-10-8-11(4-5-13(10)18-2)14(15,16)12-6-7-17-9-12/h4-5,8,12,17H,3,6-7,9H2,1-2H3. The van der Waals surface area contributed by atoms with Crippen molar-refractivity contribution in [2.24, 2.45) is 5.92 Å². The lowest BCUT2D eigenvalue weighted by molar-refractivity contribution is -0.0576. The molecule has 0 saturated carbocycles. The average Bonchev–Trinajstić information content (AvgIpc) is 2.92. The number of aryl methyl sites for hydroxylation is 1. The molecule has 1 aromatic carbocycles. The van der Waals surface area contributed by atoms with Crippen molar-refractivity contribution >= 4 is 0 Å². The average molecular weight is 255 g/mol. The molecule has 1 unspecified atom stereocenters. The van der Waals surface area contributed by atoms with E-state index >= 15 is 0 Å².